The second-order valence-electron chi connectivity index (χ2n) is 5.54. The molecule has 1 saturated heterocycles. The fraction of sp³-hybridized carbons (Fsp3) is 0.467. The Morgan fingerprint density at radius 2 is 2.17 bits per heavy atom. The van der Waals surface area contributed by atoms with Crippen molar-refractivity contribution >= 4 is 23.3 Å². The van der Waals surface area contributed by atoms with E-state index in [1.807, 2.05) is 6.92 Å². The number of carbonyl (C=O) groups excluding carboxylic acids is 2. The number of hydrogen-bond donors (Lipinski definition) is 1. The number of esters is 1. The number of nitro benzene ring substituents is 1. The van der Waals surface area contributed by atoms with Gasteiger partial charge in [-0.2, -0.15) is 0 Å². The van der Waals surface area contributed by atoms with Crippen LogP contribution in [-0.4, -0.2) is 40.9 Å². The predicted octanol–water partition coefficient (Wildman–Crippen LogP) is 1.73. The Labute approximate surface area is 133 Å². The van der Waals surface area contributed by atoms with Crippen molar-refractivity contribution < 1.29 is 19.2 Å². The van der Waals surface area contributed by atoms with Crippen molar-refractivity contribution in [3.8, 4) is 0 Å². The summed E-state index contributed by atoms with van der Waals surface area (Å²) in [4.78, 5) is 35.9. The molecule has 0 saturated carbocycles. The summed E-state index contributed by atoms with van der Waals surface area (Å²) in [6.07, 6.45) is 2.96. The number of nitrogen functional groups attached to an aromatic ring is 1. The lowest BCUT2D eigenvalue weighted by molar-refractivity contribution is -0.383. The molecule has 0 aliphatic carbocycles. The first-order valence-electron chi connectivity index (χ1n) is 7.40. The maximum atomic E-state index is 12.1. The Morgan fingerprint density at radius 1 is 1.43 bits per heavy atom. The van der Waals surface area contributed by atoms with Crippen molar-refractivity contribution in [3.63, 3.8) is 0 Å². The molecule has 1 aromatic rings. The first-order valence-corrected chi connectivity index (χ1v) is 7.40. The highest BCUT2D eigenvalue weighted by atomic mass is 16.6. The summed E-state index contributed by atoms with van der Waals surface area (Å²) in [5, 5.41) is 10.8. The van der Waals surface area contributed by atoms with Gasteiger partial charge in [0.25, 0.3) is 11.6 Å². The van der Waals surface area contributed by atoms with Crippen LogP contribution in [0.5, 0.6) is 0 Å². The van der Waals surface area contributed by atoms with Crippen LogP contribution in [0, 0.1) is 10.1 Å². The van der Waals surface area contributed by atoms with E-state index in [-0.39, 0.29) is 35.5 Å². The minimum atomic E-state index is -0.786. The van der Waals surface area contributed by atoms with E-state index in [0.29, 0.717) is 6.54 Å². The van der Waals surface area contributed by atoms with E-state index in [0.717, 1.165) is 25.3 Å². The number of nitrogens with two attached hydrogens (primary N) is 1. The Kier molecular flexibility index (Phi) is 5.15. The molecule has 1 aromatic carbocycles. The molecule has 0 aromatic heterocycles. The Morgan fingerprint density at radius 3 is 2.83 bits per heavy atom. The number of piperidine rings is 1. The van der Waals surface area contributed by atoms with Crippen molar-refractivity contribution in [1.29, 1.82) is 0 Å². The molecule has 1 amide bonds. The Balaban J connectivity index is 1.98. The number of benzene rings is 1. The van der Waals surface area contributed by atoms with E-state index < -0.39 is 10.9 Å². The SMILES string of the molecule is C[C@@H]1CCCCN1C(=O)COC(=O)c1ccc(N)c([N+](=O)[O-])c1. The normalized spacial score (nSPS) is 17.6. The highest BCUT2D eigenvalue weighted by Crippen LogP contribution is 2.23. The first-order chi connectivity index (χ1) is 10.9. The second-order valence-corrected chi connectivity index (χ2v) is 5.54. The number of carbonyl (C=O) groups is 2. The number of amides is 1. The van der Waals surface area contributed by atoms with Crippen molar-refractivity contribution in [2.45, 2.75) is 32.2 Å². The lowest BCUT2D eigenvalue weighted by Crippen LogP contribution is -2.44. The lowest BCUT2D eigenvalue weighted by atomic mass is 10.0. The average molecular weight is 321 g/mol. The molecule has 23 heavy (non-hydrogen) atoms. The summed E-state index contributed by atoms with van der Waals surface area (Å²) >= 11 is 0. The highest BCUT2D eigenvalue weighted by molar-refractivity contribution is 5.92. The molecule has 1 aliphatic rings. The molecule has 1 heterocycles. The molecule has 1 aliphatic heterocycles. The van der Waals surface area contributed by atoms with E-state index in [2.05, 4.69) is 0 Å². The molecule has 0 spiro atoms. The van der Waals surface area contributed by atoms with Crippen LogP contribution in [0.4, 0.5) is 11.4 Å². The maximum Gasteiger partial charge on any atom is 0.338 e. The van der Waals surface area contributed by atoms with Crippen molar-refractivity contribution in [2.24, 2.45) is 0 Å². The number of likely N-dealkylation sites (tertiary alicyclic amines) is 1. The lowest BCUT2D eigenvalue weighted by Gasteiger charge is -2.33. The van der Waals surface area contributed by atoms with E-state index in [9.17, 15) is 19.7 Å². The second kappa shape index (κ2) is 7.08. The number of hydrogen-bond acceptors (Lipinski definition) is 6. The monoisotopic (exact) mass is 321 g/mol. The van der Waals surface area contributed by atoms with Crippen molar-refractivity contribution in [3.05, 3.63) is 33.9 Å². The van der Waals surface area contributed by atoms with E-state index in [4.69, 9.17) is 10.5 Å². The van der Waals surface area contributed by atoms with Crippen LogP contribution in [0.3, 0.4) is 0 Å². The van der Waals surface area contributed by atoms with Gasteiger partial charge in [0.1, 0.15) is 5.69 Å². The molecular formula is C15H19N3O5. The van der Waals surface area contributed by atoms with Gasteiger partial charge in [-0.25, -0.2) is 4.79 Å². The summed E-state index contributed by atoms with van der Waals surface area (Å²) in [5.74, 6) is -1.04. The van der Waals surface area contributed by atoms with Crippen LogP contribution in [0.25, 0.3) is 0 Å². The summed E-state index contributed by atoms with van der Waals surface area (Å²) in [6.45, 7) is 2.24. The molecule has 124 valence electrons. The molecule has 0 bridgehead atoms. The number of nitrogens with zero attached hydrogens (tertiary/aromatic N) is 2. The quantitative estimate of drug-likeness (QED) is 0.391. The van der Waals surface area contributed by atoms with Gasteiger partial charge in [-0.1, -0.05) is 0 Å². The zero-order valence-electron chi connectivity index (χ0n) is 12.9. The van der Waals surface area contributed by atoms with E-state index in [1.54, 1.807) is 4.90 Å². The van der Waals surface area contributed by atoms with Crippen LogP contribution in [0.2, 0.25) is 0 Å². The molecule has 1 fully saturated rings. The van der Waals surface area contributed by atoms with Crippen LogP contribution in [0.15, 0.2) is 18.2 Å². The third-order valence-electron chi connectivity index (χ3n) is 3.91. The predicted molar refractivity (Wildman–Crippen MR) is 82.8 cm³/mol. The molecule has 0 unspecified atom stereocenters. The molecule has 8 heteroatoms. The van der Waals surface area contributed by atoms with Gasteiger partial charge in [-0.05, 0) is 38.3 Å². The number of ether oxygens (including phenoxy) is 1. The smallest absolute Gasteiger partial charge is 0.338 e. The Bertz CT molecular complexity index is 632. The third-order valence-corrected chi connectivity index (χ3v) is 3.91. The molecule has 0 radical (unpaired) electrons. The van der Waals surface area contributed by atoms with Gasteiger partial charge in [0, 0.05) is 18.7 Å². The third kappa shape index (κ3) is 3.97. The van der Waals surface area contributed by atoms with Gasteiger partial charge in [0.2, 0.25) is 0 Å². The number of rotatable bonds is 4. The summed E-state index contributed by atoms with van der Waals surface area (Å²) in [7, 11) is 0. The zero-order chi connectivity index (χ0) is 17.0. The maximum absolute atomic E-state index is 12.1. The topological polar surface area (TPSA) is 116 Å². The molecule has 8 nitrogen and oxygen atoms in total. The van der Waals surface area contributed by atoms with E-state index >= 15 is 0 Å². The Hall–Kier alpha value is -2.64. The van der Waals surface area contributed by atoms with Crippen LogP contribution < -0.4 is 5.73 Å². The minimum absolute atomic E-state index is 0.00890. The summed E-state index contributed by atoms with van der Waals surface area (Å²) in [6, 6.07) is 3.78. The van der Waals surface area contributed by atoms with Gasteiger partial charge in [-0.3, -0.25) is 14.9 Å². The minimum Gasteiger partial charge on any atom is -0.452 e. The van der Waals surface area contributed by atoms with Gasteiger partial charge in [-0.15, -0.1) is 0 Å². The van der Waals surface area contributed by atoms with Gasteiger partial charge < -0.3 is 15.4 Å². The number of nitro groups is 1. The first kappa shape index (κ1) is 16.7. The standard InChI is InChI=1S/C15H19N3O5/c1-10-4-2-3-7-17(10)14(19)9-23-15(20)11-5-6-12(16)13(8-11)18(21)22/h5-6,8,10H,2-4,7,9,16H2,1H3/t10-/m1/s1. The van der Waals surface area contributed by atoms with Crippen LogP contribution in [-0.2, 0) is 9.53 Å². The van der Waals surface area contributed by atoms with Crippen LogP contribution >= 0.6 is 0 Å². The van der Waals surface area contributed by atoms with Gasteiger partial charge in [0.05, 0.1) is 10.5 Å². The zero-order valence-corrected chi connectivity index (χ0v) is 12.9. The highest BCUT2D eigenvalue weighted by Gasteiger charge is 2.24. The fourth-order valence-corrected chi connectivity index (χ4v) is 2.59. The molecular weight excluding hydrogens is 302 g/mol. The molecule has 1 atom stereocenters. The summed E-state index contributed by atoms with van der Waals surface area (Å²) < 4.78 is 4.97. The van der Waals surface area contributed by atoms with Gasteiger partial charge in [0.15, 0.2) is 6.61 Å². The van der Waals surface area contributed by atoms with Gasteiger partial charge >= 0.3 is 5.97 Å². The molecule has 2 rings (SSSR count). The van der Waals surface area contributed by atoms with Crippen LogP contribution in [0.1, 0.15) is 36.5 Å². The summed E-state index contributed by atoms with van der Waals surface area (Å²) in [5.41, 5.74) is 5.06. The largest absolute Gasteiger partial charge is 0.452 e. The van der Waals surface area contributed by atoms with Crippen molar-refractivity contribution in [2.75, 3.05) is 18.9 Å². The van der Waals surface area contributed by atoms with E-state index in [1.165, 1.54) is 12.1 Å². The fourth-order valence-electron chi connectivity index (χ4n) is 2.59. The van der Waals surface area contributed by atoms with Crippen molar-refractivity contribution in [1.82, 2.24) is 4.90 Å². The average Bonchev–Trinajstić information content (AvgIpc) is 2.52. The number of anilines is 1. The molecule has 2 N–H and O–H groups in total.